The molecule has 0 amide bonds. The molecule has 0 radical (unpaired) electrons. The van der Waals surface area contributed by atoms with Crippen molar-refractivity contribution < 1.29 is 29.3 Å². The molecule has 1 heterocycles. The summed E-state index contributed by atoms with van der Waals surface area (Å²) in [4.78, 5) is 21.2. The number of carbonyl (C=O) groups is 2. The van der Waals surface area contributed by atoms with Crippen molar-refractivity contribution in [3.8, 4) is 11.5 Å². The largest absolute Gasteiger partial charge is 0.504 e. The average molecular weight is 373 g/mol. The van der Waals surface area contributed by atoms with Crippen molar-refractivity contribution in [3.63, 3.8) is 0 Å². The Bertz CT molecular complexity index is 778. The first-order valence-electron chi connectivity index (χ1n) is 8.44. The van der Waals surface area contributed by atoms with E-state index in [1.165, 1.54) is 19.2 Å². The molecule has 144 valence electrons. The number of aromatic hydroxyl groups is 2. The molecule has 7 heteroatoms. The van der Waals surface area contributed by atoms with Crippen molar-refractivity contribution in [2.75, 3.05) is 7.11 Å². The summed E-state index contributed by atoms with van der Waals surface area (Å²) in [6.07, 6.45) is 0.418. The number of methoxy groups -OCH3 is 1. The van der Waals surface area contributed by atoms with Gasteiger partial charge in [0.05, 0.1) is 7.11 Å². The van der Waals surface area contributed by atoms with E-state index in [1.807, 2.05) is 37.3 Å². The van der Waals surface area contributed by atoms with Crippen LogP contribution in [0.4, 0.5) is 0 Å². The van der Waals surface area contributed by atoms with E-state index >= 15 is 0 Å². The van der Waals surface area contributed by atoms with E-state index in [9.17, 15) is 15.0 Å². The Morgan fingerprint density at radius 1 is 1.22 bits per heavy atom. The molecular weight excluding hydrogens is 350 g/mol. The van der Waals surface area contributed by atoms with Crippen molar-refractivity contribution in [2.24, 2.45) is 0 Å². The standard InChI is InChI=1S/C18H19NO4.C2H4O2/c1-11-14-9-17(21)16(20)8-13(14)7-15(19-11)18(22)23-10-12-5-3-2-4-6-12;1-4-2-3/h2-6,8-9,11,15,19-21H,7,10H2,1H3;2H,1H3. The van der Waals surface area contributed by atoms with Crippen LogP contribution in [-0.2, 0) is 32.1 Å². The van der Waals surface area contributed by atoms with Crippen LogP contribution in [0.2, 0.25) is 0 Å². The van der Waals surface area contributed by atoms with Gasteiger partial charge in [-0.15, -0.1) is 0 Å². The monoisotopic (exact) mass is 373 g/mol. The first-order chi connectivity index (χ1) is 13.0. The van der Waals surface area contributed by atoms with Gasteiger partial charge in [-0.1, -0.05) is 30.3 Å². The third kappa shape index (κ3) is 5.46. The fraction of sp³-hybridized carbons (Fsp3) is 0.300. The average Bonchev–Trinajstić information content (AvgIpc) is 2.68. The zero-order chi connectivity index (χ0) is 19.8. The van der Waals surface area contributed by atoms with Gasteiger partial charge in [0.25, 0.3) is 6.47 Å². The van der Waals surface area contributed by atoms with Gasteiger partial charge in [-0.3, -0.25) is 14.9 Å². The molecule has 3 N–H and O–H groups in total. The number of benzene rings is 2. The molecule has 1 aliphatic heterocycles. The molecular formula is C20H23NO6. The molecule has 7 nitrogen and oxygen atoms in total. The fourth-order valence-corrected chi connectivity index (χ4v) is 2.87. The highest BCUT2D eigenvalue weighted by Gasteiger charge is 2.30. The predicted molar refractivity (Wildman–Crippen MR) is 98.1 cm³/mol. The maximum Gasteiger partial charge on any atom is 0.323 e. The number of nitrogens with one attached hydrogen (secondary N) is 1. The van der Waals surface area contributed by atoms with Gasteiger partial charge in [0.1, 0.15) is 12.6 Å². The summed E-state index contributed by atoms with van der Waals surface area (Å²) in [7, 11) is 1.31. The minimum Gasteiger partial charge on any atom is -0.504 e. The minimum absolute atomic E-state index is 0.112. The zero-order valence-electron chi connectivity index (χ0n) is 15.2. The topological polar surface area (TPSA) is 105 Å². The van der Waals surface area contributed by atoms with E-state index in [0.29, 0.717) is 12.9 Å². The number of fused-ring (bicyclic) bond motifs is 1. The van der Waals surface area contributed by atoms with E-state index in [1.54, 1.807) is 0 Å². The number of esters is 1. The highest BCUT2D eigenvalue weighted by atomic mass is 16.5. The predicted octanol–water partition coefficient (Wildman–Crippen LogP) is 2.21. The van der Waals surface area contributed by atoms with E-state index in [0.717, 1.165) is 16.7 Å². The Hall–Kier alpha value is -3.06. The van der Waals surface area contributed by atoms with Gasteiger partial charge in [-0.2, -0.15) is 0 Å². The van der Waals surface area contributed by atoms with Crippen LogP contribution in [0.3, 0.4) is 0 Å². The summed E-state index contributed by atoms with van der Waals surface area (Å²) < 4.78 is 9.23. The van der Waals surface area contributed by atoms with Crippen LogP contribution in [0.15, 0.2) is 42.5 Å². The Morgan fingerprint density at radius 2 is 1.85 bits per heavy atom. The Labute approximate surface area is 157 Å². The summed E-state index contributed by atoms with van der Waals surface area (Å²) in [5.41, 5.74) is 2.66. The van der Waals surface area contributed by atoms with Gasteiger partial charge in [0.15, 0.2) is 11.5 Å². The molecule has 0 aliphatic carbocycles. The first kappa shape index (κ1) is 20.3. The lowest BCUT2D eigenvalue weighted by Gasteiger charge is -2.30. The van der Waals surface area contributed by atoms with Crippen LogP contribution in [0.5, 0.6) is 11.5 Å². The number of phenolic OH excluding ortho intramolecular Hbond substituents is 2. The molecule has 2 aromatic rings. The molecule has 0 spiro atoms. The van der Waals surface area contributed by atoms with Crippen molar-refractivity contribution in [1.82, 2.24) is 5.32 Å². The number of hydrogen-bond donors (Lipinski definition) is 3. The van der Waals surface area contributed by atoms with Crippen LogP contribution >= 0.6 is 0 Å². The lowest BCUT2D eigenvalue weighted by Crippen LogP contribution is -2.44. The first-order valence-corrected chi connectivity index (χ1v) is 8.44. The summed E-state index contributed by atoms with van der Waals surface area (Å²) in [5.74, 6) is -0.643. The number of ether oxygens (including phenoxy) is 2. The summed E-state index contributed by atoms with van der Waals surface area (Å²) in [5, 5.41) is 22.4. The van der Waals surface area contributed by atoms with Crippen LogP contribution in [-0.4, -0.2) is 35.8 Å². The van der Waals surface area contributed by atoms with E-state index < -0.39 is 6.04 Å². The summed E-state index contributed by atoms with van der Waals surface area (Å²) >= 11 is 0. The molecule has 3 rings (SSSR count). The number of carbonyl (C=O) groups excluding carboxylic acids is 2. The molecule has 2 atom stereocenters. The molecule has 0 saturated heterocycles. The summed E-state index contributed by atoms with van der Waals surface area (Å²) in [6, 6.07) is 12.0. The van der Waals surface area contributed by atoms with Gasteiger partial charge in [-0.25, -0.2) is 0 Å². The second-order valence-electron chi connectivity index (χ2n) is 6.11. The maximum atomic E-state index is 12.3. The van der Waals surface area contributed by atoms with Crippen LogP contribution in [0, 0.1) is 0 Å². The molecule has 0 saturated carbocycles. The summed E-state index contributed by atoms with van der Waals surface area (Å²) in [6.45, 7) is 2.52. The highest BCUT2D eigenvalue weighted by molar-refractivity contribution is 5.77. The van der Waals surface area contributed by atoms with Crippen molar-refractivity contribution >= 4 is 12.4 Å². The van der Waals surface area contributed by atoms with Crippen molar-refractivity contribution in [2.45, 2.75) is 32.0 Å². The quantitative estimate of drug-likeness (QED) is 0.429. The van der Waals surface area contributed by atoms with Crippen LogP contribution in [0.1, 0.15) is 29.7 Å². The normalized spacial score (nSPS) is 17.7. The molecule has 2 aromatic carbocycles. The Balaban J connectivity index is 0.000000596. The molecule has 0 aromatic heterocycles. The fourth-order valence-electron chi connectivity index (χ4n) is 2.87. The lowest BCUT2D eigenvalue weighted by atomic mass is 9.90. The van der Waals surface area contributed by atoms with Gasteiger partial charge in [0, 0.05) is 6.04 Å². The molecule has 0 fully saturated rings. The highest BCUT2D eigenvalue weighted by Crippen LogP contribution is 2.34. The second kappa shape index (κ2) is 9.59. The van der Waals surface area contributed by atoms with Gasteiger partial charge >= 0.3 is 5.97 Å². The maximum absolute atomic E-state index is 12.3. The zero-order valence-corrected chi connectivity index (χ0v) is 15.2. The van der Waals surface area contributed by atoms with Crippen molar-refractivity contribution in [3.05, 3.63) is 59.2 Å². The van der Waals surface area contributed by atoms with E-state index in [-0.39, 0.29) is 30.1 Å². The Kier molecular flexibility index (Phi) is 7.19. The van der Waals surface area contributed by atoms with E-state index in [2.05, 4.69) is 10.1 Å². The minimum atomic E-state index is -0.467. The van der Waals surface area contributed by atoms with Crippen molar-refractivity contribution in [1.29, 1.82) is 0 Å². The number of hydrogen-bond acceptors (Lipinski definition) is 7. The number of rotatable bonds is 4. The van der Waals surface area contributed by atoms with Gasteiger partial charge in [-0.05, 0) is 42.2 Å². The molecule has 27 heavy (non-hydrogen) atoms. The van der Waals surface area contributed by atoms with E-state index in [4.69, 9.17) is 9.53 Å². The molecule has 0 bridgehead atoms. The third-order valence-corrected chi connectivity index (χ3v) is 4.18. The van der Waals surface area contributed by atoms with Crippen LogP contribution < -0.4 is 5.32 Å². The lowest BCUT2D eigenvalue weighted by molar-refractivity contribution is -0.148. The van der Waals surface area contributed by atoms with Crippen LogP contribution in [0.25, 0.3) is 0 Å². The molecule has 1 aliphatic rings. The Morgan fingerprint density at radius 3 is 2.48 bits per heavy atom. The van der Waals surface area contributed by atoms with Gasteiger partial charge < -0.3 is 19.7 Å². The van der Waals surface area contributed by atoms with Gasteiger partial charge in [0.2, 0.25) is 0 Å². The SMILES string of the molecule is CC1NC(C(=O)OCc2ccccc2)Cc2cc(O)c(O)cc21.COC=O. The second-order valence-corrected chi connectivity index (χ2v) is 6.11. The molecule has 2 unspecified atom stereocenters. The smallest absolute Gasteiger partial charge is 0.323 e. The number of phenols is 2. The third-order valence-electron chi connectivity index (χ3n) is 4.18.